The number of nitro groups is 1. The molecule has 1 fully saturated rings. The van der Waals surface area contributed by atoms with Gasteiger partial charge in [0.15, 0.2) is 11.6 Å². The molecule has 1 amide bonds. The molecule has 0 radical (unpaired) electrons. The number of benzene rings is 1. The van der Waals surface area contributed by atoms with Gasteiger partial charge in [-0.15, -0.1) is 10.2 Å². The lowest BCUT2D eigenvalue weighted by Gasteiger charge is -2.31. The zero-order chi connectivity index (χ0) is 20.2. The van der Waals surface area contributed by atoms with Crippen molar-refractivity contribution in [1.29, 1.82) is 0 Å². The van der Waals surface area contributed by atoms with Crippen LogP contribution >= 0.6 is 0 Å². The molecule has 0 aliphatic carbocycles. The molecular weight excluding hydrogens is 376 g/mol. The Morgan fingerprint density at radius 2 is 1.76 bits per heavy atom. The lowest BCUT2D eigenvalue weighted by Crippen LogP contribution is -2.38. The van der Waals surface area contributed by atoms with E-state index >= 15 is 0 Å². The van der Waals surface area contributed by atoms with Gasteiger partial charge in [-0.25, -0.2) is 9.67 Å². The molecule has 4 rings (SSSR count). The van der Waals surface area contributed by atoms with Crippen LogP contribution in [0.3, 0.4) is 0 Å². The van der Waals surface area contributed by atoms with E-state index in [0.717, 1.165) is 5.82 Å². The largest absolute Gasteiger partial charge is 0.355 e. The summed E-state index contributed by atoms with van der Waals surface area (Å²) in [6, 6.07) is 9.53. The number of non-ortho nitro benzene ring substituents is 1. The van der Waals surface area contributed by atoms with Gasteiger partial charge in [0.1, 0.15) is 12.7 Å². The normalized spacial score (nSPS) is 14.6. The van der Waals surface area contributed by atoms with Crippen LogP contribution in [0, 0.1) is 16.0 Å². The Kier molecular flexibility index (Phi) is 5.10. The van der Waals surface area contributed by atoms with Crippen LogP contribution in [0.25, 0.3) is 5.82 Å². The van der Waals surface area contributed by atoms with Gasteiger partial charge < -0.3 is 10.2 Å². The minimum absolute atomic E-state index is 0.00717. The van der Waals surface area contributed by atoms with Crippen LogP contribution < -0.4 is 10.2 Å². The number of hydrogen-bond acceptors (Lipinski definition) is 8. The summed E-state index contributed by atoms with van der Waals surface area (Å²) in [7, 11) is 0. The molecule has 1 N–H and O–H groups in total. The second kappa shape index (κ2) is 8.00. The molecular formula is C18H18N8O3. The molecule has 0 atom stereocenters. The molecule has 2 aromatic heterocycles. The Hall–Kier alpha value is -3.89. The maximum atomic E-state index is 12.5. The van der Waals surface area contributed by atoms with Gasteiger partial charge in [-0.3, -0.25) is 14.9 Å². The van der Waals surface area contributed by atoms with Gasteiger partial charge in [-0.1, -0.05) is 0 Å². The average molecular weight is 394 g/mol. The van der Waals surface area contributed by atoms with Crippen LogP contribution in [0.5, 0.6) is 0 Å². The van der Waals surface area contributed by atoms with Crippen LogP contribution in [0.1, 0.15) is 12.8 Å². The highest BCUT2D eigenvalue weighted by Crippen LogP contribution is 2.24. The van der Waals surface area contributed by atoms with Gasteiger partial charge in [0.05, 0.1) is 4.92 Å². The number of carbonyl (C=O) groups excluding carboxylic acids is 1. The number of piperidine rings is 1. The fourth-order valence-corrected chi connectivity index (χ4v) is 3.22. The lowest BCUT2D eigenvalue weighted by molar-refractivity contribution is -0.384. The molecule has 3 heterocycles. The molecule has 29 heavy (non-hydrogen) atoms. The van der Waals surface area contributed by atoms with Crippen molar-refractivity contribution in [3.05, 3.63) is 59.2 Å². The number of nitrogens with zero attached hydrogens (tertiary/aromatic N) is 7. The first kappa shape index (κ1) is 18.5. The molecule has 11 nitrogen and oxygen atoms in total. The van der Waals surface area contributed by atoms with Gasteiger partial charge in [0, 0.05) is 36.8 Å². The minimum atomic E-state index is -0.470. The number of anilines is 2. The molecule has 0 unspecified atom stereocenters. The third-order valence-electron chi connectivity index (χ3n) is 4.83. The maximum Gasteiger partial charge on any atom is 0.269 e. The van der Waals surface area contributed by atoms with E-state index in [2.05, 4.69) is 30.5 Å². The number of hydrogen-bond donors (Lipinski definition) is 1. The number of aromatic nitrogens is 5. The summed E-state index contributed by atoms with van der Waals surface area (Å²) >= 11 is 0. The predicted molar refractivity (Wildman–Crippen MR) is 104 cm³/mol. The van der Waals surface area contributed by atoms with Gasteiger partial charge >= 0.3 is 0 Å². The number of nitrogens with one attached hydrogen (secondary N) is 1. The number of nitro benzene ring substituents is 1. The highest BCUT2D eigenvalue weighted by Gasteiger charge is 2.26. The van der Waals surface area contributed by atoms with Crippen molar-refractivity contribution in [2.24, 2.45) is 5.92 Å². The van der Waals surface area contributed by atoms with Crippen LogP contribution in [0.4, 0.5) is 17.2 Å². The third-order valence-corrected chi connectivity index (χ3v) is 4.83. The first-order valence-corrected chi connectivity index (χ1v) is 9.09. The Balaban J connectivity index is 1.31. The summed E-state index contributed by atoms with van der Waals surface area (Å²) in [5.74, 6) is 1.14. The van der Waals surface area contributed by atoms with E-state index in [4.69, 9.17) is 0 Å². The zero-order valence-corrected chi connectivity index (χ0v) is 15.4. The van der Waals surface area contributed by atoms with Crippen LogP contribution in [-0.2, 0) is 4.79 Å². The molecule has 3 aromatic rings. The molecule has 11 heteroatoms. The summed E-state index contributed by atoms with van der Waals surface area (Å²) < 4.78 is 1.53. The van der Waals surface area contributed by atoms with Crippen LogP contribution in [0.2, 0.25) is 0 Å². The van der Waals surface area contributed by atoms with E-state index in [9.17, 15) is 14.9 Å². The smallest absolute Gasteiger partial charge is 0.269 e. The van der Waals surface area contributed by atoms with E-state index in [1.807, 2.05) is 12.1 Å². The molecule has 1 aliphatic heterocycles. The summed E-state index contributed by atoms with van der Waals surface area (Å²) in [5, 5.41) is 26.0. The SMILES string of the molecule is O=C(Nc1ccc([N+](=O)[O-])cc1)C1CCN(c2ccc(-n3cncn3)nn2)CC1. The molecule has 0 bridgehead atoms. The molecule has 0 saturated carbocycles. The molecule has 148 valence electrons. The highest BCUT2D eigenvalue weighted by atomic mass is 16.6. The number of rotatable bonds is 5. The lowest BCUT2D eigenvalue weighted by atomic mass is 9.96. The Labute approximate surface area is 165 Å². The van der Waals surface area contributed by atoms with Crippen molar-refractivity contribution in [2.45, 2.75) is 12.8 Å². The standard InChI is InChI=1S/C18H18N8O3/c27-18(21-14-1-3-15(4-2-14)26(28)29)13-7-9-24(10-8-13)16-5-6-17(23-22-16)25-12-19-11-20-25/h1-6,11-13H,7-10H2,(H,21,27). The second-order valence-electron chi connectivity index (χ2n) is 6.64. The first-order valence-electron chi connectivity index (χ1n) is 9.09. The summed E-state index contributed by atoms with van der Waals surface area (Å²) in [5.41, 5.74) is 0.546. The van der Waals surface area contributed by atoms with Gasteiger partial charge in [0.2, 0.25) is 5.91 Å². The quantitative estimate of drug-likeness (QED) is 0.512. The van der Waals surface area contributed by atoms with Crippen molar-refractivity contribution in [3.63, 3.8) is 0 Å². The monoisotopic (exact) mass is 394 g/mol. The van der Waals surface area contributed by atoms with Crippen molar-refractivity contribution >= 4 is 23.1 Å². The van der Waals surface area contributed by atoms with E-state index in [1.165, 1.54) is 35.3 Å². The first-order chi connectivity index (χ1) is 14.1. The van der Waals surface area contributed by atoms with Gasteiger partial charge in [-0.2, -0.15) is 5.10 Å². The van der Waals surface area contributed by atoms with E-state index < -0.39 is 4.92 Å². The molecule has 1 aliphatic rings. The number of amides is 1. The topological polar surface area (TPSA) is 132 Å². The van der Waals surface area contributed by atoms with Crippen LogP contribution in [-0.4, -0.2) is 48.9 Å². The fourth-order valence-electron chi connectivity index (χ4n) is 3.22. The summed E-state index contributed by atoms with van der Waals surface area (Å²) in [4.78, 5) is 28.7. The Bertz CT molecular complexity index is 981. The van der Waals surface area contributed by atoms with Crippen molar-refractivity contribution in [3.8, 4) is 5.82 Å². The molecule has 1 aromatic carbocycles. The van der Waals surface area contributed by atoms with Crippen molar-refractivity contribution in [1.82, 2.24) is 25.0 Å². The van der Waals surface area contributed by atoms with Crippen molar-refractivity contribution < 1.29 is 9.72 Å². The molecule has 1 saturated heterocycles. The summed E-state index contributed by atoms with van der Waals surface area (Å²) in [6.07, 6.45) is 4.36. The van der Waals surface area contributed by atoms with E-state index in [-0.39, 0.29) is 17.5 Å². The van der Waals surface area contributed by atoms with E-state index in [1.54, 1.807) is 6.33 Å². The van der Waals surface area contributed by atoms with Crippen LogP contribution in [0.15, 0.2) is 49.1 Å². The predicted octanol–water partition coefficient (Wildman–Crippen LogP) is 1.82. The fraction of sp³-hybridized carbons (Fsp3) is 0.278. The Morgan fingerprint density at radius 3 is 2.34 bits per heavy atom. The second-order valence-corrected chi connectivity index (χ2v) is 6.64. The van der Waals surface area contributed by atoms with Gasteiger partial charge in [-0.05, 0) is 37.1 Å². The maximum absolute atomic E-state index is 12.5. The van der Waals surface area contributed by atoms with Gasteiger partial charge in [0.25, 0.3) is 5.69 Å². The summed E-state index contributed by atoms with van der Waals surface area (Å²) in [6.45, 7) is 1.38. The number of carbonyl (C=O) groups is 1. The Morgan fingerprint density at radius 1 is 1.07 bits per heavy atom. The van der Waals surface area contributed by atoms with E-state index in [0.29, 0.717) is 37.4 Å². The highest BCUT2D eigenvalue weighted by molar-refractivity contribution is 5.92. The average Bonchev–Trinajstić information content (AvgIpc) is 3.29. The zero-order valence-electron chi connectivity index (χ0n) is 15.4. The molecule has 0 spiro atoms. The third kappa shape index (κ3) is 4.18. The van der Waals surface area contributed by atoms with Crippen molar-refractivity contribution in [2.75, 3.05) is 23.3 Å². The minimum Gasteiger partial charge on any atom is -0.355 e.